The molecule has 1 aliphatic heterocycles. The molecule has 1 fully saturated rings. The second-order valence-corrected chi connectivity index (χ2v) is 21.9. The Balaban J connectivity index is -0.000000359. The molecule has 1 rings (SSSR count). The molecule has 366 valence electrons. The van der Waals surface area contributed by atoms with E-state index in [0.717, 1.165) is 13.2 Å². The molecule has 2 unspecified atom stereocenters. The number of aliphatic hydroxyl groups excluding tert-OH is 7. The van der Waals surface area contributed by atoms with Crippen LogP contribution in [0.3, 0.4) is 0 Å². The van der Waals surface area contributed by atoms with Crippen LogP contribution >= 0.6 is 0 Å². The van der Waals surface area contributed by atoms with Crippen molar-refractivity contribution in [3.05, 3.63) is 0 Å². The van der Waals surface area contributed by atoms with Gasteiger partial charge in [-0.3, -0.25) is 0 Å². The van der Waals surface area contributed by atoms with E-state index < -0.39 is 0 Å². The highest BCUT2D eigenvalue weighted by molar-refractivity contribution is 4.75. The molecule has 0 spiro atoms. The summed E-state index contributed by atoms with van der Waals surface area (Å²) >= 11 is 0. The average Bonchev–Trinajstić information content (AvgIpc) is 3.18. The maximum atomic E-state index is 9.12. The van der Waals surface area contributed by atoms with Crippen LogP contribution in [0, 0.1) is 56.2 Å². The van der Waals surface area contributed by atoms with Gasteiger partial charge in [-0.15, -0.1) is 0 Å². The van der Waals surface area contributed by atoms with Crippen molar-refractivity contribution in [1.29, 1.82) is 0 Å². The Hall–Kier alpha value is -0.560. The average molecular weight is 876 g/mol. The molecule has 0 aromatic heterocycles. The minimum absolute atomic E-state index is 0. The van der Waals surface area contributed by atoms with E-state index in [2.05, 4.69) is 27.7 Å². The minimum Gasteiger partial charge on any atom is -0.396 e. The lowest BCUT2D eigenvalue weighted by Crippen LogP contribution is -2.42. The fourth-order valence-corrected chi connectivity index (χ4v) is 4.25. The fourth-order valence-electron chi connectivity index (χ4n) is 4.25. The van der Waals surface area contributed by atoms with Crippen LogP contribution in [0.4, 0.5) is 0 Å². The van der Waals surface area contributed by atoms with Crippen LogP contribution in [0.1, 0.15) is 112 Å². The van der Waals surface area contributed by atoms with E-state index in [9.17, 15) is 0 Å². The van der Waals surface area contributed by atoms with E-state index in [1.807, 2.05) is 83.1 Å². The van der Waals surface area contributed by atoms with Crippen LogP contribution in [0.25, 0.3) is 0 Å². The van der Waals surface area contributed by atoms with Gasteiger partial charge >= 0.3 is 1.43 Å². The second-order valence-electron chi connectivity index (χ2n) is 21.9. The quantitative estimate of drug-likeness (QED) is 0.0543. The number of aliphatic hydroxyl groups is 7. The molecule has 1 aliphatic rings. The first-order valence-electron chi connectivity index (χ1n) is 21.9. The molecule has 1 heterocycles. The zero-order chi connectivity index (χ0) is 47.3. The van der Waals surface area contributed by atoms with Crippen LogP contribution in [0.15, 0.2) is 0 Å². The first-order valence-corrected chi connectivity index (χ1v) is 21.9. The van der Waals surface area contributed by atoms with E-state index in [1.54, 1.807) is 0 Å². The molecule has 2 atom stereocenters. The maximum absolute atomic E-state index is 9.12. The van der Waals surface area contributed by atoms with Crippen molar-refractivity contribution in [2.75, 3.05) is 126 Å². The van der Waals surface area contributed by atoms with E-state index in [-0.39, 0.29) is 98.3 Å². The molecule has 0 bridgehead atoms. The van der Waals surface area contributed by atoms with Crippen LogP contribution in [-0.2, 0) is 33.2 Å². The van der Waals surface area contributed by atoms with Crippen molar-refractivity contribution in [2.24, 2.45) is 56.2 Å². The van der Waals surface area contributed by atoms with Gasteiger partial charge in [0.25, 0.3) is 0 Å². The molecule has 7 N–H and O–H groups in total. The smallest absolute Gasteiger partial charge is 0.396 e. The third-order valence-electron chi connectivity index (χ3n) is 9.01. The molecule has 0 amide bonds. The Morgan fingerprint density at radius 2 is 0.700 bits per heavy atom. The molecule has 0 aromatic carbocycles. The van der Waals surface area contributed by atoms with Gasteiger partial charge in [-0.2, -0.15) is 0 Å². The number of rotatable bonds is 28. The summed E-state index contributed by atoms with van der Waals surface area (Å²) in [4.78, 5) is 0. The Morgan fingerprint density at radius 1 is 0.433 bits per heavy atom. The zero-order valence-electron chi connectivity index (χ0n) is 42.3. The molecule has 0 aliphatic carbocycles. The summed E-state index contributed by atoms with van der Waals surface area (Å²) < 4.78 is 38.6. The molecule has 14 nitrogen and oxygen atoms in total. The van der Waals surface area contributed by atoms with Crippen molar-refractivity contribution in [3.8, 4) is 0 Å². The summed E-state index contributed by atoms with van der Waals surface area (Å²) in [7, 11) is 0. The van der Waals surface area contributed by atoms with E-state index in [4.69, 9.17) is 68.9 Å². The van der Waals surface area contributed by atoms with Crippen LogP contribution in [0.5, 0.6) is 0 Å². The highest BCUT2D eigenvalue weighted by Gasteiger charge is 2.34. The SMILES string of the molecule is CC(CO)COCC(C)(C)CO.CC(CO)COCC(C)(C)COCC(C)(C)CO.CC(COCC(C)(C)CO)COCC(C)(C)CO.CC1COC(C(C)(C)CO)OC1.[H+]. The third kappa shape index (κ3) is 36.9. The number of hydrogen-bond donors (Lipinski definition) is 7. The Kier molecular flexibility index (Phi) is 35.0. The summed E-state index contributed by atoms with van der Waals surface area (Å²) in [5, 5.41) is 62.8. The molecule has 60 heavy (non-hydrogen) atoms. The van der Waals surface area contributed by atoms with Crippen molar-refractivity contribution in [3.63, 3.8) is 0 Å². The fraction of sp³-hybridized carbons (Fsp3) is 1.00. The topological polar surface area (TPSA) is 206 Å². The Morgan fingerprint density at radius 3 is 0.983 bits per heavy atom. The zero-order valence-corrected chi connectivity index (χ0v) is 41.3. The highest BCUT2D eigenvalue weighted by Crippen LogP contribution is 2.27. The molecular formula is C46H99O14+. The van der Waals surface area contributed by atoms with Gasteiger partial charge in [-0.1, -0.05) is 111 Å². The largest absolute Gasteiger partial charge is 1.00 e. The van der Waals surface area contributed by atoms with Crippen molar-refractivity contribution in [2.45, 2.75) is 117 Å². The standard InChI is InChI=1S/2C14H30O4.C9H18O3.C9H20O3/c1-12(6-17-10-13(2,3)8-15)7-18-11-14(4,5)9-16;1-12(6-15)7-17-10-14(4,5)11-18-9-13(2,3)8-16;1-7-4-11-8(12-5-7)9(2,3)6-10;1-8(4-10)5-12-7-9(2,3)6-11/h2*12,15-16H,6-11H2,1-5H3;7-8,10H,4-6H2,1-3H3;8,10-11H,4-7H2,1-3H3/p+1. The summed E-state index contributed by atoms with van der Waals surface area (Å²) in [6.45, 7) is 39.9. The predicted molar refractivity (Wildman–Crippen MR) is 240 cm³/mol. The van der Waals surface area contributed by atoms with Gasteiger partial charge in [0.2, 0.25) is 0 Å². The summed E-state index contributed by atoms with van der Waals surface area (Å²) in [6.07, 6.45) is -0.251. The van der Waals surface area contributed by atoms with Crippen LogP contribution in [0.2, 0.25) is 0 Å². The lowest BCUT2D eigenvalue weighted by atomic mass is 9.93. The molecule has 0 aromatic rings. The number of ether oxygens (including phenoxy) is 7. The summed E-state index contributed by atoms with van der Waals surface area (Å²) in [5.74, 6) is 1.14. The van der Waals surface area contributed by atoms with Gasteiger partial charge in [-0.05, 0) is 0 Å². The number of hydrogen-bond acceptors (Lipinski definition) is 14. The summed E-state index contributed by atoms with van der Waals surface area (Å²) in [5.41, 5.74) is -1.07. The van der Waals surface area contributed by atoms with E-state index in [1.165, 1.54) is 0 Å². The van der Waals surface area contributed by atoms with Crippen LogP contribution in [-0.4, -0.2) is 168 Å². The van der Waals surface area contributed by atoms with Gasteiger partial charge in [0, 0.05) is 69.4 Å². The monoisotopic (exact) mass is 876 g/mol. The molecule has 0 saturated carbocycles. The van der Waals surface area contributed by atoms with Gasteiger partial charge in [0.15, 0.2) is 6.29 Å². The second kappa shape index (κ2) is 33.0. The van der Waals surface area contributed by atoms with Gasteiger partial charge in [-0.25, -0.2) is 0 Å². The van der Waals surface area contributed by atoms with E-state index in [0.29, 0.717) is 77.9 Å². The van der Waals surface area contributed by atoms with Crippen molar-refractivity contribution in [1.82, 2.24) is 0 Å². The van der Waals surface area contributed by atoms with Gasteiger partial charge in [0.05, 0.1) is 112 Å². The normalized spacial score (nSPS) is 17.8. The summed E-state index contributed by atoms with van der Waals surface area (Å²) in [6, 6.07) is 0. The minimum atomic E-state index is -0.292. The maximum Gasteiger partial charge on any atom is 1.00 e. The van der Waals surface area contributed by atoms with Gasteiger partial charge in [0.1, 0.15) is 0 Å². The highest BCUT2D eigenvalue weighted by atomic mass is 16.7. The Labute approximate surface area is 368 Å². The predicted octanol–water partition coefficient (Wildman–Crippen LogP) is 5.16. The van der Waals surface area contributed by atoms with E-state index >= 15 is 0 Å². The van der Waals surface area contributed by atoms with Crippen molar-refractivity contribution < 1.29 is 70.3 Å². The molecule has 0 radical (unpaired) electrons. The lowest BCUT2D eigenvalue weighted by molar-refractivity contribution is -0.249. The third-order valence-corrected chi connectivity index (χ3v) is 9.01. The first-order chi connectivity index (χ1) is 27.5. The molecule has 1 saturated heterocycles. The first kappa shape index (κ1) is 63.7. The molecular weight excluding hydrogens is 776 g/mol. The Bertz CT molecular complexity index is 963. The molecule has 14 heteroatoms. The van der Waals surface area contributed by atoms with Crippen LogP contribution < -0.4 is 0 Å². The van der Waals surface area contributed by atoms with Gasteiger partial charge < -0.3 is 68.9 Å². The lowest BCUT2D eigenvalue weighted by Gasteiger charge is -2.36. The van der Waals surface area contributed by atoms with Crippen molar-refractivity contribution >= 4 is 0 Å².